The van der Waals surface area contributed by atoms with Crippen LogP contribution in [0.3, 0.4) is 0 Å². The number of rotatable bonds is 3. The molecule has 0 radical (unpaired) electrons. The molecule has 102 valence electrons. The normalized spacial score (nSPS) is 12.6. The van der Waals surface area contributed by atoms with E-state index in [-0.39, 0.29) is 11.0 Å². The fraction of sp³-hybridized carbons (Fsp3) is 0.143. The van der Waals surface area contributed by atoms with E-state index in [9.17, 15) is 30.4 Å². The van der Waals surface area contributed by atoms with Crippen molar-refractivity contribution in [3.8, 4) is 5.75 Å². The summed E-state index contributed by atoms with van der Waals surface area (Å²) in [6.45, 7) is 0. The lowest BCUT2D eigenvalue weighted by Crippen LogP contribution is -2.28. The maximum atomic E-state index is 12.8. The molecular weight excluding hydrogens is 418 g/mol. The Hall–Kier alpha value is -0.300. The molecule has 0 saturated carbocycles. The van der Waals surface area contributed by atoms with E-state index in [1.165, 1.54) is 0 Å². The molecule has 0 aliphatic rings. The minimum Gasteiger partial charge on any atom is -0.375 e. The van der Waals surface area contributed by atoms with E-state index in [1.807, 2.05) is 0 Å². The van der Waals surface area contributed by atoms with Gasteiger partial charge in [0.2, 0.25) is 0 Å². The number of halogens is 6. The molecule has 0 aliphatic carbocycles. The van der Waals surface area contributed by atoms with Crippen LogP contribution >= 0.6 is 30.1 Å². The summed E-state index contributed by atoms with van der Waals surface area (Å²) in [5.74, 6) is -3.77. The van der Waals surface area contributed by atoms with Crippen LogP contribution in [-0.2, 0) is 10.1 Å². The number of alkyl halides is 3. The lowest BCUT2D eigenvalue weighted by molar-refractivity contribution is -0.0500. The molecule has 18 heavy (non-hydrogen) atoms. The Labute approximate surface area is 114 Å². The van der Waals surface area contributed by atoms with E-state index < -0.39 is 33.0 Å². The molecule has 0 aliphatic heterocycles. The fourth-order valence-electron chi connectivity index (χ4n) is 0.801. The number of hydrogen-bond donors (Lipinski definition) is 0. The van der Waals surface area contributed by atoms with Crippen molar-refractivity contribution < 1.29 is 34.6 Å². The van der Waals surface area contributed by atoms with Crippen LogP contribution in [0.2, 0.25) is 0 Å². The Morgan fingerprint density at radius 2 is 1.67 bits per heavy atom. The Kier molecular flexibility index (Phi) is 4.70. The second kappa shape index (κ2) is 5.36. The predicted molar refractivity (Wildman–Crippen MR) is 61.8 cm³/mol. The van der Waals surface area contributed by atoms with Gasteiger partial charge in [-0.05, 0) is 15.0 Å². The number of hydrogen-bond acceptors (Lipinski definition) is 4. The van der Waals surface area contributed by atoms with Gasteiger partial charge in [-0.15, -0.1) is 0 Å². The fourth-order valence-corrected chi connectivity index (χ4v) is 2.68. The van der Waals surface area contributed by atoms with Crippen molar-refractivity contribution in [1.82, 2.24) is 0 Å². The van der Waals surface area contributed by atoms with Gasteiger partial charge in [0, 0.05) is 27.3 Å². The zero-order chi connectivity index (χ0) is 14.1. The SMILES string of the molecule is O=S(=O)(Oc1cc(F)c(F)cc1SI)C(F)(F)F. The molecule has 1 rings (SSSR count). The standard InChI is InChI=1S/C7H2F5IO3S2/c8-3-1-5(6(17-13)2-4(3)9)16-18(14,15)7(10,11)12/h1-2H. The Morgan fingerprint density at radius 3 is 2.11 bits per heavy atom. The van der Waals surface area contributed by atoms with Crippen LogP contribution in [0.15, 0.2) is 17.0 Å². The zero-order valence-corrected chi connectivity index (χ0v) is 11.8. The van der Waals surface area contributed by atoms with E-state index in [0.717, 1.165) is 0 Å². The summed E-state index contributed by atoms with van der Waals surface area (Å²) in [6.07, 6.45) is 0. The first-order chi connectivity index (χ1) is 8.08. The van der Waals surface area contributed by atoms with E-state index in [0.29, 0.717) is 15.0 Å². The molecule has 0 aromatic heterocycles. The third-order valence-corrected chi connectivity index (χ3v) is 4.43. The first-order valence-corrected chi connectivity index (χ1v) is 8.63. The van der Waals surface area contributed by atoms with Gasteiger partial charge in [-0.1, -0.05) is 0 Å². The zero-order valence-electron chi connectivity index (χ0n) is 7.96. The van der Waals surface area contributed by atoms with E-state index in [1.54, 1.807) is 21.2 Å². The van der Waals surface area contributed by atoms with Crippen molar-refractivity contribution in [3.63, 3.8) is 0 Å². The van der Waals surface area contributed by atoms with Gasteiger partial charge in [0.25, 0.3) is 0 Å². The van der Waals surface area contributed by atoms with E-state index in [4.69, 9.17) is 0 Å². The van der Waals surface area contributed by atoms with E-state index in [2.05, 4.69) is 4.18 Å². The topological polar surface area (TPSA) is 43.4 Å². The summed E-state index contributed by atoms with van der Waals surface area (Å²) in [5, 5.41) is 0. The lowest BCUT2D eigenvalue weighted by Gasteiger charge is -2.11. The molecule has 0 spiro atoms. The summed E-state index contributed by atoms with van der Waals surface area (Å²) in [4.78, 5) is -0.290. The summed E-state index contributed by atoms with van der Waals surface area (Å²) in [5.41, 5.74) is -5.65. The summed E-state index contributed by atoms with van der Waals surface area (Å²) in [7, 11) is -5.24. The maximum absolute atomic E-state index is 12.8. The van der Waals surface area contributed by atoms with Crippen molar-refractivity contribution in [1.29, 1.82) is 0 Å². The average Bonchev–Trinajstić information content (AvgIpc) is 2.21. The highest BCUT2D eigenvalue weighted by molar-refractivity contribution is 14.2. The molecule has 0 atom stereocenters. The third kappa shape index (κ3) is 3.38. The van der Waals surface area contributed by atoms with Gasteiger partial charge in [0.05, 0.1) is 4.90 Å². The minimum absolute atomic E-state index is 0.236. The molecule has 3 nitrogen and oxygen atoms in total. The molecule has 1 aromatic carbocycles. The quantitative estimate of drug-likeness (QED) is 0.324. The highest BCUT2D eigenvalue weighted by Crippen LogP contribution is 2.38. The van der Waals surface area contributed by atoms with Crippen molar-refractivity contribution in [2.45, 2.75) is 10.4 Å². The van der Waals surface area contributed by atoms with Gasteiger partial charge in [-0.25, -0.2) is 8.78 Å². The Bertz CT molecular complexity index is 557. The molecule has 0 fully saturated rings. The van der Waals surface area contributed by atoms with Gasteiger partial charge in [-0.3, -0.25) is 0 Å². The first kappa shape index (κ1) is 15.8. The predicted octanol–water partition coefficient (Wildman–Crippen LogP) is 3.64. The van der Waals surface area contributed by atoms with Gasteiger partial charge in [-0.2, -0.15) is 21.6 Å². The second-order valence-electron chi connectivity index (χ2n) is 2.77. The highest BCUT2D eigenvalue weighted by atomic mass is 127. The molecular formula is C7H2F5IO3S2. The van der Waals surface area contributed by atoms with Crippen LogP contribution < -0.4 is 4.18 Å². The van der Waals surface area contributed by atoms with Crippen LogP contribution in [-0.4, -0.2) is 13.9 Å². The summed E-state index contributed by atoms with van der Waals surface area (Å²) in [6, 6.07) is 0.771. The minimum atomic E-state index is -5.92. The molecule has 1 aromatic rings. The van der Waals surface area contributed by atoms with Crippen LogP contribution in [0.1, 0.15) is 0 Å². The summed E-state index contributed by atoms with van der Waals surface area (Å²) >= 11 is 1.55. The van der Waals surface area contributed by atoms with Crippen LogP contribution in [0.25, 0.3) is 0 Å². The molecule has 0 N–H and O–H groups in total. The first-order valence-electron chi connectivity index (χ1n) is 3.87. The summed E-state index contributed by atoms with van der Waals surface area (Å²) < 4.78 is 86.9. The van der Waals surface area contributed by atoms with Crippen LogP contribution in [0, 0.1) is 11.6 Å². The van der Waals surface area contributed by atoms with Gasteiger partial charge >= 0.3 is 15.6 Å². The number of benzene rings is 1. The van der Waals surface area contributed by atoms with Crippen LogP contribution in [0.5, 0.6) is 5.75 Å². The van der Waals surface area contributed by atoms with Gasteiger partial charge in [0.1, 0.15) is 0 Å². The average molecular weight is 420 g/mol. The molecule has 0 unspecified atom stereocenters. The highest BCUT2D eigenvalue weighted by Gasteiger charge is 2.48. The van der Waals surface area contributed by atoms with E-state index >= 15 is 0 Å². The monoisotopic (exact) mass is 420 g/mol. The van der Waals surface area contributed by atoms with Crippen LogP contribution in [0.4, 0.5) is 22.0 Å². The molecule has 0 bridgehead atoms. The van der Waals surface area contributed by atoms with Gasteiger partial charge in [0.15, 0.2) is 17.4 Å². The largest absolute Gasteiger partial charge is 0.534 e. The molecule has 0 amide bonds. The molecule has 11 heteroatoms. The lowest BCUT2D eigenvalue weighted by atomic mass is 10.3. The second-order valence-corrected chi connectivity index (χ2v) is 6.23. The molecule has 0 saturated heterocycles. The third-order valence-electron chi connectivity index (χ3n) is 1.55. The van der Waals surface area contributed by atoms with Crippen molar-refractivity contribution in [3.05, 3.63) is 23.8 Å². The maximum Gasteiger partial charge on any atom is 0.534 e. The van der Waals surface area contributed by atoms with Crippen molar-refractivity contribution in [2.75, 3.05) is 0 Å². The Morgan fingerprint density at radius 1 is 1.17 bits per heavy atom. The van der Waals surface area contributed by atoms with Gasteiger partial charge < -0.3 is 4.18 Å². The molecule has 0 heterocycles. The Balaban J connectivity index is 3.24. The smallest absolute Gasteiger partial charge is 0.375 e. The van der Waals surface area contributed by atoms with Crippen molar-refractivity contribution in [2.24, 2.45) is 0 Å². The van der Waals surface area contributed by atoms with Crippen molar-refractivity contribution >= 4 is 40.3 Å².